The van der Waals surface area contributed by atoms with Gasteiger partial charge in [-0.25, -0.2) is 0 Å². The molecule has 6 nitrogen and oxygen atoms in total. The maximum absolute atomic E-state index is 10.6. The van der Waals surface area contributed by atoms with Gasteiger partial charge in [0.2, 0.25) is 0 Å². The van der Waals surface area contributed by atoms with Crippen LogP contribution in [0.1, 0.15) is 11.1 Å². The summed E-state index contributed by atoms with van der Waals surface area (Å²) in [6.07, 6.45) is 2.81. The summed E-state index contributed by atoms with van der Waals surface area (Å²) in [6.45, 7) is 0. The number of nitro groups is 1. The van der Waals surface area contributed by atoms with E-state index in [1.165, 1.54) is 24.6 Å². The monoisotopic (exact) mass is 269 g/mol. The maximum atomic E-state index is 10.6. The molecule has 0 atom stereocenters. The van der Waals surface area contributed by atoms with Crippen molar-refractivity contribution in [3.05, 3.63) is 69.8 Å². The summed E-state index contributed by atoms with van der Waals surface area (Å²) < 4.78 is 0. The molecule has 0 aliphatic rings. The van der Waals surface area contributed by atoms with Gasteiger partial charge in [-0.1, -0.05) is 24.3 Å². The standard InChI is InChI=1S/C14H11N3O3/c18-14-7-2-1-5-12(14)10-16-15-9-11-4-3-6-13(8-11)17(19)20/h1-10,18H/b15-9?,16-10+. The molecule has 0 bridgehead atoms. The van der Waals surface area contributed by atoms with Crippen molar-refractivity contribution in [2.75, 3.05) is 0 Å². The third-order valence-corrected chi connectivity index (χ3v) is 2.49. The number of nitrogens with zero attached hydrogens (tertiary/aromatic N) is 3. The Kier molecular flexibility index (Phi) is 4.18. The number of non-ortho nitro benzene ring substituents is 1. The number of rotatable bonds is 4. The predicted octanol–water partition coefficient (Wildman–Crippen LogP) is 2.75. The molecule has 2 aromatic carbocycles. The Morgan fingerprint density at radius 3 is 2.55 bits per heavy atom. The normalized spacial score (nSPS) is 11.2. The lowest BCUT2D eigenvalue weighted by Crippen LogP contribution is -1.89. The minimum absolute atomic E-state index is 0.00127. The molecule has 0 unspecified atom stereocenters. The van der Waals surface area contributed by atoms with Gasteiger partial charge in [-0.15, -0.1) is 0 Å². The summed E-state index contributed by atoms with van der Waals surface area (Å²) >= 11 is 0. The third kappa shape index (κ3) is 3.49. The van der Waals surface area contributed by atoms with Gasteiger partial charge in [-0.05, 0) is 12.1 Å². The lowest BCUT2D eigenvalue weighted by Gasteiger charge is -1.95. The zero-order valence-electron chi connectivity index (χ0n) is 10.4. The molecule has 0 aliphatic heterocycles. The zero-order valence-corrected chi connectivity index (χ0v) is 10.4. The first-order valence-corrected chi connectivity index (χ1v) is 5.75. The first-order valence-electron chi connectivity index (χ1n) is 5.75. The second-order valence-corrected chi connectivity index (χ2v) is 3.90. The van der Waals surface area contributed by atoms with Crippen LogP contribution in [-0.2, 0) is 0 Å². The van der Waals surface area contributed by atoms with E-state index in [1.54, 1.807) is 36.4 Å². The molecule has 6 heteroatoms. The van der Waals surface area contributed by atoms with Gasteiger partial charge < -0.3 is 5.11 Å². The molecular formula is C14H11N3O3. The minimum atomic E-state index is -0.470. The summed E-state index contributed by atoms with van der Waals surface area (Å²) in [6, 6.07) is 12.8. The van der Waals surface area contributed by atoms with Gasteiger partial charge in [0.25, 0.3) is 5.69 Å². The van der Waals surface area contributed by atoms with Crippen LogP contribution in [0.4, 0.5) is 5.69 Å². The SMILES string of the molecule is O=[N+]([O-])c1cccc(C=N/N=C/c2ccccc2O)c1. The smallest absolute Gasteiger partial charge is 0.270 e. The van der Waals surface area contributed by atoms with Crippen molar-refractivity contribution < 1.29 is 10.0 Å². The van der Waals surface area contributed by atoms with Gasteiger partial charge in [-0.3, -0.25) is 10.1 Å². The topological polar surface area (TPSA) is 88.1 Å². The fourth-order valence-corrected chi connectivity index (χ4v) is 1.51. The molecule has 0 saturated carbocycles. The Morgan fingerprint density at radius 1 is 1.05 bits per heavy atom. The average Bonchev–Trinajstić information content (AvgIpc) is 2.45. The molecule has 20 heavy (non-hydrogen) atoms. The van der Waals surface area contributed by atoms with E-state index >= 15 is 0 Å². The number of benzene rings is 2. The molecule has 0 spiro atoms. The van der Waals surface area contributed by atoms with E-state index in [9.17, 15) is 15.2 Å². The lowest BCUT2D eigenvalue weighted by atomic mass is 10.2. The van der Waals surface area contributed by atoms with Crippen molar-refractivity contribution in [3.63, 3.8) is 0 Å². The van der Waals surface area contributed by atoms with E-state index < -0.39 is 4.92 Å². The molecule has 0 heterocycles. The van der Waals surface area contributed by atoms with Crippen molar-refractivity contribution in [1.82, 2.24) is 0 Å². The van der Waals surface area contributed by atoms with Gasteiger partial charge in [0, 0.05) is 23.3 Å². The summed E-state index contributed by atoms with van der Waals surface area (Å²) in [4.78, 5) is 10.1. The van der Waals surface area contributed by atoms with E-state index in [0.717, 1.165) is 0 Å². The first-order chi connectivity index (χ1) is 9.66. The minimum Gasteiger partial charge on any atom is -0.507 e. The number of phenolic OH excluding ortho intramolecular Hbond substituents is 1. The Bertz CT molecular complexity index is 681. The Hall–Kier alpha value is -3.02. The molecule has 2 aromatic rings. The molecule has 1 N–H and O–H groups in total. The zero-order chi connectivity index (χ0) is 14.4. The average molecular weight is 269 g/mol. The van der Waals surface area contributed by atoms with Gasteiger partial charge in [-0.2, -0.15) is 10.2 Å². The fourth-order valence-electron chi connectivity index (χ4n) is 1.51. The van der Waals surface area contributed by atoms with Gasteiger partial charge >= 0.3 is 0 Å². The number of hydrogen-bond donors (Lipinski definition) is 1. The van der Waals surface area contributed by atoms with Crippen LogP contribution in [0.5, 0.6) is 5.75 Å². The number of phenols is 1. The highest BCUT2D eigenvalue weighted by atomic mass is 16.6. The molecule has 100 valence electrons. The van der Waals surface area contributed by atoms with Crippen LogP contribution in [0.15, 0.2) is 58.7 Å². The summed E-state index contributed by atoms with van der Waals surface area (Å²) in [5.74, 6) is 0.113. The Balaban J connectivity index is 2.09. The second-order valence-electron chi connectivity index (χ2n) is 3.90. The maximum Gasteiger partial charge on any atom is 0.270 e. The molecule has 0 aliphatic carbocycles. The highest BCUT2D eigenvalue weighted by Crippen LogP contribution is 2.13. The third-order valence-electron chi connectivity index (χ3n) is 2.49. The van der Waals surface area contributed by atoms with E-state index in [-0.39, 0.29) is 11.4 Å². The van der Waals surface area contributed by atoms with Crippen molar-refractivity contribution in [3.8, 4) is 5.75 Å². The van der Waals surface area contributed by atoms with Crippen molar-refractivity contribution in [2.45, 2.75) is 0 Å². The van der Waals surface area contributed by atoms with E-state index in [2.05, 4.69) is 10.2 Å². The largest absolute Gasteiger partial charge is 0.507 e. The Morgan fingerprint density at radius 2 is 1.80 bits per heavy atom. The lowest BCUT2D eigenvalue weighted by molar-refractivity contribution is -0.384. The highest BCUT2D eigenvalue weighted by Gasteiger charge is 2.03. The van der Waals surface area contributed by atoms with E-state index in [0.29, 0.717) is 11.1 Å². The molecule has 0 radical (unpaired) electrons. The predicted molar refractivity (Wildman–Crippen MR) is 76.4 cm³/mol. The van der Waals surface area contributed by atoms with Crippen molar-refractivity contribution in [1.29, 1.82) is 0 Å². The van der Waals surface area contributed by atoms with Crippen molar-refractivity contribution in [2.24, 2.45) is 10.2 Å². The second kappa shape index (κ2) is 6.24. The fraction of sp³-hybridized carbons (Fsp3) is 0. The molecule has 0 amide bonds. The van der Waals surface area contributed by atoms with Crippen LogP contribution in [0, 0.1) is 10.1 Å². The van der Waals surface area contributed by atoms with Crippen LogP contribution in [-0.4, -0.2) is 22.5 Å². The van der Waals surface area contributed by atoms with E-state index in [4.69, 9.17) is 0 Å². The summed E-state index contributed by atoms with van der Waals surface area (Å²) in [5, 5.41) is 27.7. The van der Waals surface area contributed by atoms with Crippen molar-refractivity contribution >= 4 is 18.1 Å². The number of aromatic hydroxyl groups is 1. The van der Waals surface area contributed by atoms with E-state index in [1.807, 2.05) is 0 Å². The molecule has 0 aromatic heterocycles. The van der Waals surface area contributed by atoms with Crippen LogP contribution < -0.4 is 0 Å². The number of para-hydroxylation sites is 1. The molecule has 2 rings (SSSR count). The molecule has 0 fully saturated rings. The van der Waals surface area contributed by atoms with Gasteiger partial charge in [0.15, 0.2) is 0 Å². The highest BCUT2D eigenvalue weighted by molar-refractivity contribution is 5.85. The van der Waals surface area contributed by atoms with Crippen LogP contribution >= 0.6 is 0 Å². The van der Waals surface area contributed by atoms with Crippen LogP contribution in [0.25, 0.3) is 0 Å². The number of hydrogen-bond acceptors (Lipinski definition) is 5. The van der Waals surface area contributed by atoms with Crippen LogP contribution in [0.2, 0.25) is 0 Å². The Labute approximate surface area is 114 Å². The van der Waals surface area contributed by atoms with Crippen LogP contribution in [0.3, 0.4) is 0 Å². The summed E-state index contributed by atoms with van der Waals surface area (Å²) in [7, 11) is 0. The molecule has 0 saturated heterocycles. The molecular weight excluding hydrogens is 258 g/mol. The van der Waals surface area contributed by atoms with Gasteiger partial charge in [0.05, 0.1) is 17.4 Å². The van der Waals surface area contributed by atoms with Gasteiger partial charge in [0.1, 0.15) is 5.75 Å². The quantitative estimate of drug-likeness (QED) is 0.525. The summed E-state index contributed by atoms with van der Waals surface area (Å²) in [5.41, 5.74) is 1.12. The first kappa shape index (κ1) is 13.4. The number of nitro benzene ring substituents is 1.